The molecule has 2 rings (SSSR count). The first-order valence-corrected chi connectivity index (χ1v) is 17.2. The number of ether oxygens (including phenoxy) is 1. The van der Waals surface area contributed by atoms with Gasteiger partial charge in [-0.1, -0.05) is 48.5 Å². The van der Waals surface area contributed by atoms with E-state index in [0.29, 0.717) is 0 Å². The first-order valence-electron chi connectivity index (χ1n) is 11.4. The summed E-state index contributed by atoms with van der Waals surface area (Å²) in [4.78, 5) is 21.3. The standard InChI is InChI=1S/C22H43N3O5Si2/c1-12-15-17(29-31(8,9)21(2,3)4)18(30-32(10,11)22(5,6)7)19(27-15)25-14-13-16(28-23)24-20(25)26/h13-15,17-19H,12,23H2,1-11H3/t15-,17?,18+,19-/m1/s1. The summed E-state index contributed by atoms with van der Waals surface area (Å²) in [5.41, 5.74) is -0.496. The van der Waals surface area contributed by atoms with Crippen LogP contribution in [0.25, 0.3) is 0 Å². The van der Waals surface area contributed by atoms with Gasteiger partial charge in [0.1, 0.15) is 12.2 Å². The molecule has 184 valence electrons. The topological polar surface area (TPSA) is 97.8 Å². The van der Waals surface area contributed by atoms with E-state index < -0.39 is 34.7 Å². The van der Waals surface area contributed by atoms with Crippen LogP contribution >= 0.6 is 0 Å². The number of rotatable bonds is 7. The molecule has 8 nitrogen and oxygen atoms in total. The Morgan fingerprint density at radius 1 is 1.03 bits per heavy atom. The molecule has 0 amide bonds. The lowest BCUT2D eigenvalue weighted by Gasteiger charge is -2.44. The van der Waals surface area contributed by atoms with Gasteiger partial charge in [-0.25, -0.2) is 4.79 Å². The van der Waals surface area contributed by atoms with Crippen molar-refractivity contribution in [3.05, 3.63) is 22.7 Å². The molecule has 1 aliphatic heterocycles. The number of aromatic nitrogens is 2. The van der Waals surface area contributed by atoms with Crippen LogP contribution in [0.4, 0.5) is 0 Å². The van der Waals surface area contributed by atoms with Crippen LogP contribution in [0.15, 0.2) is 17.1 Å². The van der Waals surface area contributed by atoms with E-state index in [0.717, 1.165) is 6.42 Å². The molecule has 32 heavy (non-hydrogen) atoms. The van der Waals surface area contributed by atoms with Gasteiger partial charge in [-0.3, -0.25) is 4.57 Å². The Hall–Kier alpha value is -1.05. The molecule has 1 unspecified atom stereocenters. The zero-order valence-corrected chi connectivity index (χ0v) is 23.7. The summed E-state index contributed by atoms with van der Waals surface area (Å²) in [5.74, 6) is 5.24. The van der Waals surface area contributed by atoms with Crippen LogP contribution in [0, 0.1) is 0 Å². The molecule has 0 aromatic carbocycles. The fourth-order valence-corrected chi connectivity index (χ4v) is 5.82. The molecule has 2 heterocycles. The number of hydrogen-bond donors (Lipinski definition) is 1. The van der Waals surface area contributed by atoms with Crippen LogP contribution in [-0.2, 0) is 13.6 Å². The van der Waals surface area contributed by atoms with E-state index in [-0.39, 0.29) is 28.2 Å². The quantitative estimate of drug-likeness (QED) is 0.446. The first-order chi connectivity index (χ1) is 14.4. The number of nitrogens with zero attached hydrogens (tertiary/aromatic N) is 2. The smallest absolute Gasteiger partial charge is 0.353 e. The van der Waals surface area contributed by atoms with Gasteiger partial charge in [0.15, 0.2) is 22.9 Å². The van der Waals surface area contributed by atoms with Crippen LogP contribution in [0.1, 0.15) is 61.1 Å². The fourth-order valence-electron chi connectivity index (χ4n) is 3.22. The molecule has 1 fully saturated rings. The highest BCUT2D eigenvalue weighted by Gasteiger charge is 2.53. The van der Waals surface area contributed by atoms with Crippen molar-refractivity contribution in [2.24, 2.45) is 5.90 Å². The van der Waals surface area contributed by atoms with Crippen molar-refractivity contribution in [1.29, 1.82) is 0 Å². The first kappa shape index (κ1) is 27.2. The van der Waals surface area contributed by atoms with Crippen molar-refractivity contribution in [2.75, 3.05) is 0 Å². The van der Waals surface area contributed by atoms with Crippen LogP contribution in [0.5, 0.6) is 5.88 Å². The van der Waals surface area contributed by atoms with E-state index in [1.807, 2.05) is 0 Å². The highest BCUT2D eigenvalue weighted by molar-refractivity contribution is 6.74. The predicted octanol–water partition coefficient (Wildman–Crippen LogP) is 4.58. The molecule has 0 aliphatic carbocycles. The lowest BCUT2D eigenvalue weighted by molar-refractivity contribution is -0.0374. The Labute approximate surface area is 195 Å². The maximum atomic E-state index is 12.8. The van der Waals surface area contributed by atoms with Crippen molar-refractivity contribution < 1.29 is 18.4 Å². The van der Waals surface area contributed by atoms with Crippen molar-refractivity contribution in [3.63, 3.8) is 0 Å². The Morgan fingerprint density at radius 3 is 1.94 bits per heavy atom. The van der Waals surface area contributed by atoms with E-state index in [1.165, 1.54) is 4.57 Å². The SMILES string of the molecule is CC[C@H]1O[C@@H](n2ccc(ON)nc2=O)[C@@H](O[Si](C)(C)C(C)(C)C)C1O[Si](C)(C)C(C)(C)C. The van der Waals surface area contributed by atoms with Crippen molar-refractivity contribution >= 4 is 16.6 Å². The van der Waals surface area contributed by atoms with Gasteiger partial charge >= 0.3 is 5.69 Å². The summed E-state index contributed by atoms with van der Waals surface area (Å²) in [5, 5.41) is 0.0211. The molecular weight excluding hydrogens is 442 g/mol. The van der Waals surface area contributed by atoms with Gasteiger partial charge in [-0.2, -0.15) is 10.9 Å². The average molecular weight is 486 g/mol. The lowest BCUT2D eigenvalue weighted by Crippen LogP contribution is -2.53. The van der Waals surface area contributed by atoms with Crippen LogP contribution < -0.4 is 16.4 Å². The monoisotopic (exact) mass is 485 g/mol. The molecular formula is C22H43N3O5Si2. The Balaban J connectivity index is 2.56. The highest BCUT2D eigenvalue weighted by atomic mass is 28.4. The minimum Gasteiger partial charge on any atom is -0.408 e. The Kier molecular flexibility index (Phi) is 7.91. The summed E-state index contributed by atoms with van der Waals surface area (Å²) in [6.07, 6.45) is 0.804. The molecule has 10 heteroatoms. The fraction of sp³-hybridized carbons (Fsp3) is 0.818. The largest absolute Gasteiger partial charge is 0.408 e. The van der Waals surface area contributed by atoms with Crippen LogP contribution in [0.3, 0.4) is 0 Å². The van der Waals surface area contributed by atoms with Crippen LogP contribution in [-0.4, -0.2) is 44.5 Å². The zero-order valence-electron chi connectivity index (χ0n) is 21.7. The second kappa shape index (κ2) is 9.30. The minimum atomic E-state index is -2.21. The molecule has 0 saturated carbocycles. The molecule has 1 aromatic rings. The third kappa shape index (κ3) is 5.53. The molecule has 1 saturated heterocycles. The summed E-state index contributed by atoms with van der Waals surface area (Å²) in [7, 11) is -4.34. The summed E-state index contributed by atoms with van der Waals surface area (Å²) < 4.78 is 21.7. The third-order valence-corrected chi connectivity index (χ3v) is 16.3. The second-order valence-corrected chi connectivity index (χ2v) is 21.2. The minimum absolute atomic E-state index is 0.0101. The molecule has 0 radical (unpaired) electrons. The molecule has 2 N–H and O–H groups in total. The maximum Gasteiger partial charge on any atom is 0.353 e. The van der Waals surface area contributed by atoms with Gasteiger partial charge < -0.3 is 18.4 Å². The van der Waals surface area contributed by atoms with Gasteiger partial charge in [0.2, 0.25) is 5.88 Å². The van der Waals surface area contributed by atoms with Gasteiger partial charge in [0, 0.05) is 12.3 Å². The van der Waals surface area contributed by atoms with E-state index in [9.17, 15) is 4.79 Å². The van der Waals surface area contributed by atoms with Crippen molar-refractivity contribution in [2.45, 2.75) is 116 Å². The average Bonchev–Trinajstić information content (AvgIpc) is 2.96. The van der Waals surface area contributed by atoms with Crippen molar-refractivity contribution in [3.8, 4) is 5.88 Å². The van der Waals surface area contributed by atoms with Gasteiger partial charge in [-0.05, 0) is 42.7 Å². The molecule has 0 spiro atoms. The molecule has 0 bridgehead atoms. The highest BCUT2D eigenvalue weighted by Crippen LogP contribution is 2.45. The summed E-state index contributed by atoms with van der Waals surface area (Å²) in [6, 6.07) is 1.55. The molecule has 1 aliphatic rings. The van der Waals surface area contributed by atoms with E-state index in [1.54, 1.807) is 12.3 Å². The van der Waals surface area contributed by atoms with E-state index in [2.05, 4.69) is 84.5 Å². The summed E-state index contributed by atoms with van der Waals surface area (Å²) >= 11 is 0. The molecule has 1 aromatic heterocycles. The number of hydrogen-bond acceptors (Lipinski definition) is 7. The van der Waals surface area contributed by atoms with Crippen LogP contribution in [0.2, 0.25) is 36.3 Å². The van der Waals surface area contributed by atoms with Gasteiger partial charge in [0.25, 0.3) is 0 Å². The zero-order chi connectivity index (χ0) is 24.7. The Morgan fingerprint density at radius 2 is 1.53 bits per heavy atom. The third-order valence-electron chi connectivity index (χ3n) is 7.36. The normalized spacial score (nSPS) is 25.2. The lowest BCUT2D eigenvalue weighted by atomic mass is 10.1. The van der Waals surface area contributed by atoms with E-state index in [4.69, 9.17) is 19.5 Å². The van der Waals surface area contributed by atoms with Gasteiger partial charge in [-0.15, -0.1) is 0 Å². The Bertz CT molecular complexity index is 845. The maximum absolute atomic E-state index is 12.8. The second-order valence-electron chi connectivity index (χ2n) is 11.7. The van der Waals surface area contributed by atoms with Crippen molar-refractivity contribution in [1.82, 2.24) is 9.55 Å². The predicted molar refractivity (Wildman–Crippen MR) is 132 cm³/mol. The van der Waals surface area contributed by atoms with E-state index >= 15 is 0 Å². The molecule has 4 atom stereocenters. The summed E-state index contributed by atoms with van der Waals surface area (Å²) in [6.45, 7) is 24.2. The number of nitrogens with two attached hydrogens (primary N) is 1. The van der Waals surface area contributed by atoms with Gasteiger partial charge in [0.05, 0.1) is 6.10 Å².